The zero-order chi connectivity index (χ0) is 18.2. The van der Waals surface area contributed by atoms with E-state index in [9.17, 15) is 24.8 Å². The lowest BCUT2D eigenvalue weighted by molar-refractivity contribution is -0.385. The van der Waals surface area contributed by atoms with Crippen LogP contribution in [0.4, 0.5) is 17.1 Å². The number of nitro benzene ring substituents is 1. The first-order valence-electron chi connectivity index (χ1n) is 7.15. The number of para-hydroxylation sites is 1. The lowest BCUT2D eigenvalue weighted by atomic mass is 10.2. The third kappa shape index (κ3) is 5.81. The summed E-state index contributed by atoms with van der Waals surface area (Å²) >= 11 is 1.11. The number of benzene rings is 2. The van der Waals surface area contributed by atoms with Crippen LogP contribution in [-0.4, -0.2) is 33.3 Å². The van der Waals surface area contributed by atoms with Crippen molar-refractivity contribution in [1.29, 1.82) is 0 Å². The number of amides is 2. The lowest BCUT2D eigenvalue weighted by Gasteiger charge is -2.06. The smallest absolute Gasteiger partial charge is 0.312 e. The van der Waals surface area contributed by atoms with E-state index in [1.165, 1.54) is 6.07 Å². The fourth-order valence-electron chi connectivity index (χ4n) is 1.90. The molecule has 0 aromatic heterocycles. The summed E-state index contributed by atoms with van der Waals surface area (Å²) in [5.41, 5.74) is 0.380. The van der Waals surface area contributed by atoms with E-state index >= 15 is 0 Å². The van der Waals surface area contributed by atoms with Crippen molar-refractivity contribution in [3.05, 3.63) is 58.6 Å². The van der Waals surface area contributed by atoms with Gasteiger partial charge in [-0.3, -0.25) is 19.7 Å². The van der Waals surface area contributed by atoms with Gasteiger partial charge in [-0.1, -0.05) is 18.2 Å². The fourth-order valence-corrected chi connectivity index (χ4v) is 2.52. The highest BCUT2D eigenvalue weighted by Gasteiger charge is 2.14. The maximum absolute atomic E-state index is 11.8. The molecule has 0 aliphatic rings. The molecule has 0 atom stereocenters. The molecule has 9 heteroatoms. The Morgan fingerprint density at radius 3 is 2.20 bits per heavy atom. The van der Waals surface area contributed by atoms with Crippen molar-refractivity contribution < 1.29 is 19.6 Å². The van der Waals surface area contributed by atoms with Gasteiger partial charge in [0.05, 0.1) is 16.4 Å². The second-order valence-corrected chi connectivity index (χ2v) is 5.90. The highest BCUT2D eigenvalue weighted by Crippen LogP contribution is 2.28. The molecule has 0 aliphatic carbocycles. The summed E-state index contributed by atoms with van der Waals surface area (Å²) in [5.74, 6) is -1.01. The second kappa shape index (κ2) is 8.69. The van der Waals surface area contributed by atoms with Gasteiger partial charge < -0.3 is 15.7 Å². The van der Waals surface area contributed by atoms with Crippen LogP contribution in [0.5, 0.6) is 5.75 Å². The number of hydrogen-bond donors (Lipinski definition) is 3. The molecule has 8 nitrogen and oxygen atoms in total. The Bertz CT molecular complexity index is 783. The van der Waals surface area contributed by atoms with Crippen molar-refractivity contribution in [2.24, 2.45) is 0 Å². The molecule has 0 fully saturated rings. The van der Waals surface area contributed by atoms with E-state index in [4.69, 9.17) is 0 Å². The zero-order valence-electron chi connectivity index (χ0n) is 13.0. The van der Waals surface area contributed by atoms with Crippen LogP contribution in [0.3, 0.4) is 0 Å². The number of aromatic hydroxyl groups is 1. The fraction of sp³-hybridized carbons (Fsp3) is 0.125. The van der Waals surface area contributed by atoms with Gasteiger partial charge in [-0.25, -0.2) is 0 Å². The monoisotopic (exact) mass is 361 g/mol. The van der Waals surface area contributed by atoms with Crippen LogP contribution >= 0.6 is 11.8 Å². The highest BCUT2D eigenvalue weighted by atomic mass is 32.2. The second-order valence-electron chi connectivity index (χ2n) is 4.92. The van der Waals surface area contributed by atoms with Crippen molar-refractivity contribution in [3.63, 3.8) is 0 Å². The van der Waals surface area contributed by atoms with Crippen LogP contribution in [0.1, 0.15) is 0 Å². The molecule has 25 heavy (non-hydrogen) atoms. The van der Waals surface area contributed by atoms with Crippen molar-refractivity contribution in [1.82, 2.24) is 0 Å². The molecule has 2 amide bonds. The first-order chi connectivity index (χ1) is 12.0. The molecule has 0 unspecified atom stereocenters. The van der Waals surface area contributed by atoms with E-state index in [-0.39, 0.29) is 23.1 Å². The Hall–Kier alpha value is -3.07. The van der Waals surface area contributed by atoms with Crippen molar-refractivity contribution in [2.75, 3.05) is 22.1 Å². The standard InChI is InChI=1S/C16H15N3O5S/c20-14-7-6-12(8-13(14)19(23)24)18-16(22)10-25-9-15(21)17-11-4-2-1-3-5-11/h1-8,20H,9-10H2,(H,17,21)(H,18,22). The zero-order valence-corrected chi connectivity index (χ0v) is 13.8. The van der Waals surface area contributed by atoms with Gasteiger partial charge in [0.25, 0.3) is 0 Å². The van der Waals surface area contributed by atoms with Crippen LogP contribution in [-0.2, 0) is 9.59 Å². The van der Waals surface area contributed by atoms with Gasteiger partial charge in [-0.2, -0.15) is 0 Å². The first-order valence-corrected chi connectivity index (χ1v) is 8.31. The quantitative estimate of drug-likeness (QED) is 0.396. The van der Waals surface area contributed by atoms with Crippen LogP contribution in [0.2, 0.25) is 0 Å². The predicted molar refractivity (Wildman–Crippen MR) is 95.8 cm³/mol. The van der Waals surface area contributed by atoms with E-state index in [2.05, 4.69) is 10.6 Å². The van der Waals surface area contributed by atoms with Gasteiger partial charge in [0.1, 0.15) is 0 Å². The van der Waals surface area contributed by atoms with Crippen LogP contribution in [0, 0.1) is 10.1 Å². The molecule has 2 aromatic carbocycles. The number of thioether (sulfide) groups is 1. The minimum Gasteiger partial charge on any atom is -0.502 e. The molecule has 2 aromatic rings. The van der Waals surface area contributed by atoms with E-state index in [0.717, 1.165) is 23.9 Å². The van der Waals surface area contributed by atoms with E-state index in [1.54, 1.807) is 24.3 Å². The Kier molecular flexibility index (Phi) is 6.35. The maximum Gasteiger partial charge on any atom is 0.312 e. The Morgan fingerprint density at radius 1 is 1.00 bits per heavy atom. The number of hydrogen-bond acceptors (Lipinski definition) is 6. The van der Waals surface area contributed by atoms with Gasteiger partial charge in [-0.05, 0) is 24.3 Å². The SMILES string of the molecule is O=C(CSCC(=O)Nc1ccc(O)c([N+](=O)[O-])c1)Nc1ccccc1. The summed E-state index contributed by atoms with van der Waals surface area (Å²) in [6, 6.07) is 12.5. The van der Waals surface area contributed by atoms with Crippen molar-refractivity contribution in [2.45, 2.75) is 0 Å². The summed E-state index contributed by atoms with van der Waals surface area (Å²) < 4.78 is 0. The number of carbonyl (C=O) groups is 2. The number of nitrogens with zero attached hydrogens (tertiary/aromatic N) is 1. The molecule has 0 saturated carbocycles. The summed E-state index contributed by atoms with van der Waals surface area (Å²) in [7, 11) is 0. The highest BCUT2D eigenvalue weighted by molar-refractivity contribution is 8.00. The Morgan fingerprint density at radius 2 is 1.60 bits per heavy atom. The minimum atomic E-state index is -0.742. The van der Waals surface area contributed by atoms with Gasteiger partial charge in [0.15, 0.2) is 5.75 Å². The number of carbonyl (C=O) groups excluding carboxylic acids is 2. The molecular weight excluding hydrogens is 346 g/mol. The van der Waals surface area contributed by atoms with Gasteiger partial charge in [0, 0.05) is 17.4 Å². The third-order valence-electron chi connectivity index (χ3n) is 2.98. The molecular formula is C16H15N3O5S. The number of anilines is 2. The number of nitro groups is 1. The van der Waals surface area contributed by atoms with Gasteiger partial charge in [0.2, 0.25) is 11.8 Å². The number of rotatable bonds is 7. The summed E-state index contributed by atoms with van der Waals surface area (Å²) in [4.78, 5) is 33.6. The molecule has 3 N–H and O–H groups in total. The first kappa shape index (κ1) is 18.3. The predicted octanol–water partition coefficient (Wildman–Crippen LogP) is 2.61. The van der Waals surface area contributed by atoms with Gasteiger partial charge in [-0.15, -0.1) is 11.8 Å². The van der Waals surface area contributed by atoms with E-state index < -0.39 is 22.3 Å². The molecule has 0 saturated heterocycles. The molecule has 0 aliphatic heterocycles. The summed E-state index contributed by atoms with van der Waals surface area (Å²) in [5, 5.41) is 25.3. The molecule has 130 valence electrons. The van der Waals surface area contributed by atoms with Gasteiger partial charge >= 0.3 is 5.69 Å². The molecule has 0 spiro atoms. The average Bonchev–Trinajstić information content (AvgIpc) is 2.57. The van der Waals surface area contributed by atoms with Crippen LogP contribution in [0.25, 0.3) is 0 Å². The molecule has 0 radical (unpaired) electrons. The van der Waals surface area contributed by atoms with E-state index in [1.807, 2.05) is 6.07 Å². The molecule has 0 bridgehead atoms. The van der Waals surface area contributed by atoms with Crippen LogP contribution < -0.4 is 10.6 Å². The third-order valence-corrected chi connectivity index (χ3v) is 3.91. The summed E-state index contributed by atoms with van der Waals surface area (Å²) in [6.45, 7) is 0. The number of phenols is 1. The normalized spacial score (nSPS) is 10.1. The number of nitrogens with one attached hydrogen (secondary N) is 2. The van der Waals surface area contributed by atoms with Crippen molar-refractivity contribution >= 4 is 40.6 Å². The van der Waals surface area contributed by atoms with Crippen molar-refractivity contribution in [3.8, 4) is 5.75 Å². The minimum absolute atomic E-state index is 0.0108. The van der Waals surface area contributed by atoms with Crippen LogP contribution in [0.15, 0.2) is 48.5 Å². The van der Waals surface area contributed by atoms with E-state index in [0.29, 0.717) is 5.69 Å². The molecule has 2 rings (SSSR count). The Labute approximate surface area is 147 Å². The summed E-state index contributed by atoms with van der Waals surface area (Å²) in [6.07, 6.45) is 0. The lowest BCUT2D eigenvalue weighted by Crippen LogP contribution is -2.18. The largest absolute Gasteiger partial charge is 0.502 e. The Balaban J connectivity index is 1.78. The topological polar surface area (TPSA) is 122 Å². The maximum atomic E-state index is 11.8. The number of phenolic OH excluding ortho intramolecular Hbond substituents is 1. The average molecular weight is 361 g/mol. The molecule has 0 heterocycles.